The van der Waals surface area contributed by atoms with E-state index in [9.17, 15) is 4.79 Å². The Kier molecular flexibility index (Phi) is 4.66. The van der Waals surface area contributed by atoms with Crippen molar-refractivity contribution in [2.24, 2.45) is 0 Å². The van der Waals surface area contributed by atoms with E-state index < -0.39 is 0 Å². The van der Waals surface area contributed by atoms with Crippen LogP contribution >= 0.6 is 0 Å². The molecule has 1 saturated heterocycles. The van der Waals surface area contributed by atoms with Gasteiger partial charge in [-0.3, -0.25) is 4.79 Å². The third-order valence-corrected chi connectivity index (χ3v) is 5.31. The molecule has 1 amide bonds. The highest BCUT2D eigenvalue weighted by Gasteiger charge is 2.45. The average molecular weight is 343 g/mol. The topological polar surface area (TPSA) is 24.8 Å². The minimum atomic E-state index is 0. The minimum Gasteiger partial charge on any atom is -1.00 e. The predicted octanol–water partition coefficient (Wildman–Crippen LogP) is -0.970. The molecular weight excluding hydrogens is 320 g/mol. The normalized spacial score (nSPS) is 24.8. The van der Waals surface area contributed by atoms with Crippen LogP contribution in [0.4, 0.5) is 5.69 Å². The molecular formula is C20H23ClN2O. The highest BCUT2D eigenvalue weighted by molar-refractivity contribution is 6.08. The molecule has 0 saturated carbocycles. The fourth-order valence-corrected chi connectivity index (χ4v) is 4.18. The maximum absolute atomic E-state index is 13.2. The van der Waals surface area contributed by atoms with Gasteiger partial charge in [0.2, 0.25) is 0 Å². The molecule has 0 radical (unpaired) electrons. The molecule has 0 aliphatic carbocycles. The number of benzene rings is 2. The molecule has 2 aliphatic heterocycles. The molecule has 1 unspecified atom stereocenters. The molecule has 4 rings (SSSR count). The second kappa shape index (κ2) is 6.58. The van der Waals surface area contributed by atoms with Gasteiger partial charge in [-0.2, -0.15) is 0 Å². The zero-order valence-corrected chi connectivity index (χ0v) is 14.9. The predicted molar refractivity (Wildman–Crippen MR) is 92.2 cm³/mol. The van der Waals surface area contributed by atoms with E-state index in [2.05, 4.69) is 37.1 Å². The van der Waals surface area contributed by atoms with Gasteiger partial charge in [-0.15, -0.1) is 0 Å². The van der Waals surface area contributed by atoms with Crippen molar-refractivity contribution in [3.63, 3.8) is 0 Å². The highest BCUT2D eigenvalue weighted by Crippen LogP contribution is 2.43. The van der Waals surface area contributed by atoms with Gasteiger partial charge >= 0.3 is 0 Å². The molecule has 126 valence electrons. The molecule has 2 aliphatic rings. The molecule has 2 aromatic rings. The first-order valence-corrected chi connectivity index (χ1v) is 8.45. The molecule has 1 fully saturated rings. The van der Waals surface area contributed by atoms with Gasteiger partial charge in [0, 0.05) is 17.7 Å². The van der Waals surface area contributed by atoms with Crippen molar-refractivity contribution in [2.45, 2.75) is 25.3 Å². The summed E-state index contributed by atoms with van der Waals surface area (Å²) < 4.78 is 0. The number of nitrogens with one attached hydrogen (secondary N) is 1. The van der Waals surface area contributed by atoms with Crippen LogP contribution in [-0.2, 0) is 0 Å². The molecule has 1 N–H and O–H groups in total. The van der Waals surface area contributed by atoms with Crippen LogP contribution < -0.4 is 22.2 Å². The number of fused-ring (bicyclic) bond motifs is 3. The Morgan fingerprint density at radius 2 is 1.92 bits per heavy atom. The zero-order chi connectivity index (χ0) is 16.0. The summed E-state index contributed by atoms with van der Waals surface area (Å²) in [4.78, 5) is 16.8. The third kappa shape index (κ3) is 2.72. The van der Waals surface area contributed by atoms with Crippen LogP contribution in [-0.4, -0.2) is 32.1 Å². The molecule has 3 nitrogen and oxygen atoms in total. The average Bonchev–Trinajstić information content (AvgIpc) is 2.88. The number of hydrogen-bond donors (Lipinski definition) is 1. The van der Waals surface area contributed by atoms with Crippen molar-refractivity contribution < 1.29 is 22.1 Å². The summed E-state index contributed by atoms with van der Waals surface area (Å²) in [5.74, 6) is 0.606. The summed E-state index contributed by atoms with van der Waals surface area (Å²) in [5, 5.41) is 0. The molecule has 4 heteroatoms. The van der Waals surface area contributed by atoms with E-state index in [4.69, 9.17) is 0 Å². The maximum atomic E-state index is 13.2. The van der Waals surface area contributed by atoms with E-state index in [1.165, 1.54) is 11.1 Å². The van der Waals surface area contributed by atoms with Crippen LogP contribution in [0.15, 0.2) is 48.5 Å². The monoisotopic (exact) mass is 342 g/mol. The van der Waals surface area contributed by atoms with Crippen LogP contribution in [0.25, 0.3) is 0 Å². The number of quaternary nitrogens is 1. The van der Waals surface area contributed by atoms with E-state index in [0.717, 1.165) is 30.8 Å². The standard InChI is InChI=1S/C20H22N2O.ClH/c1-14-8-9-18-16(12-14)17-13-21(2)11-10-19(17)22(18)20(23)15-6-4-3-5-7-15;/h3-9,12,17,19H,10-11,13H2,1-2H3;1H/t17-,19+;/m0./s1. The van der Waals surface area contributed by atoms with Crippen LogP contribution in [0.5, 0.6) is 0 Å². The van der Waals surface area contributed by atoms with Crippen molar-refractivity contribution in [1.29, 1.82) is 0 Å². The van der Waals surface area contributed by atoms with Crippen molar-refractivity contribution in [1.82, 2.24) is 0 Å². The lowest BCUT2D eigenvalue weighted by Crippen LogP contribution is -3.11. The van der Waals surface area contributed by atoms with Gasteiger partial charge in [0.1, 0.15) is 0 Å². The van der Waals surface area contributed by atoms with Crippen LogP contribution in [0.3, 0.4) is 0 Å². The third-order valence-electron chi connectivity index (χ3n) is 5.31. The summed E-state index contributed by atoms with van der Waals surface area (Å²) in [6.45, 7) is 4.38. The van der Waals surface area contributed by atoms with E-state index in [1.54, 1.807) is 4.90 Å². The van der Waals surface area contributed by atoms with Crippen molar-refractivity contribution in [3.8, 4) is 0 Å². The zero-order valence-electron chi connectivity index (χ0n) is 14.1. The second-order valence-electron chi connectivity index (χ2n) is 6.98. The quantitative estimate of drug-likeness (QED) is 0.709. The van der Waals surface area contributed by atoms with Crippen molar-refractivity contribution in [3.05, 3.63) is 65.2 Å². The highest BCUT2D eigenvalue weighted by atomic mass is 35.5. The Hall–Kier alpha value is -1.84. The number of likely N-dealkylation sites (tertiary alicyclic amines) is 1. The smallest absolute Gasteiger partial charge is 0.258 e. The number of carbonyl (C=O) groups excluding carboxylic acids is 1. The van der Waals surface area contributed by atoms with E-state index >= 15 is 0 Å². The molecule has 24 heavy (non-hydrogen) atoms. The van der Waals surface area contributed by atoms with Crippen LogP contribution in [0.2, 0.25) is 0 Å². The van der Waals surface area contributed by atoms with Crippen molar-refractivity contribution in [2.75, 3.05) is 25.0 Å². The molecule has 0 spiro atoms. The number of carbonyl (C=O) groups is 1. The maximum Gasteiger partial charge on any atom is 0.258 e. The largest absolute Gasteiger partial charge is 1.00 e. The number of nitrogens with zero attached hydrogens (tertiary/aromatic N) is 1. The summed E-state index contributed by atoms with van der Waals surface area (Å²) in [6, 6.07) is 16.5. The summed E-state index contributed by atoms with van der Waals surface area (Å²) in [7, 11) is 2.26. The van der Waals surface area contributed by atoms with E-state index in [0.29, 0.717) is 12.0 Å². The minimum absolute atomic E-state index is 0. The first-order chi connectivity index (χ1) is 11.1. The fourth-order valence-electron chi connectivity index (χ4n) is 4.18. The first kappa shape index (κ1) is 17.0. The van der Waals surface area contributed by atoms with Gasteiger partial charge in [-0.1, -0.05) is 35.9 Å². The molecule has 3 atom stereocenters. The van der Waals surface area contributed by atoms with E-state index in [-0.39, 0.29) is 18.3 Å². The van der Waals surface area contributed by atoms with Gasteiger partial charge in [0.25, 0.3) is 5.91 Å². The molecule has 2 aromatic carbocycles. The summed E-state index contributed by atoms with van der Waals surface area (Å²) >= 11 is 0. The summed E-state index contributed by atoms with van der Waals surface area (Å²) in [6.07, 6.45) is 1.07. The van der Waals surface area contributed by atoms with Crippen molar-refractivity contribution >= 4 is 11.6 Å². The molecule has 2 heterocycles. The fraction of sp³-hybridized carbons (Fsp3) is 0.350. The van der Waals surface area contributed by atoms with Gasteiger partial charge in [-0.05, 0) is 30.7 Å². The van der Waals surface area contributed by atoms with Gasteiger partial charge in [0.15, 0.2) is 0 Å². The Labute approximate surface area is 149 Å². The lowest BCUT2D eigenvalue weighted by Gasteiger charge is -2.34. The number of aryl methyl sites for hydroxylation is 1. The Morgan fingerprint density at radius 1 is 1.17 bits per heavy atom. The summed E-state index contributed by atoms with van der Waals surface area (Å²) in [5.41, 5.74) is 4.54. The number of hydrogen-bond acceptors (Lipinski definition) is 1. The Morgan fingerprint density at radius 3 is 2.67 bits per heavy atom. The number of amides is 1. The number of likely N-dealkylation sites (N-methyl/N-ethyl adjacent to an activating group) is 1. The number of piperidine rings is 1. The van der Waals surface area contributed by atoms with Gasteiger partial charge in [-0.25, -0.2) is 0 Å². The SMILES string of the molecule is Cc1ccc2c(c1)[C@@H]1C[NH+](C)CC[C@H]1N2C(=O)c1ccccc1.[Cl-]. The lowest BCUT2D eigenvalue weighted by atomic mass is 9.88. The van der Waals surface area contributed by atoms with Gasteiger partial charge < -0.3 is 22.2 Å². The van der Waals surface area contributed by atoms with Crippen LogP contribution in [0, 0.1) is 6.92 Å². The lowest BCUT2D eigenvalue weighted by molar-refractivity contribution is -0.886. The van der Waals surface area contributed by atoms with Gasteiger partial charge in [0.05, 0.1) is 32.1 Å². The van der Waals surface area contributed by atoms with E-state index in [1.807, 2.05) is 30.3 Å². The number of halogens is 1. The molecule has 0 aromatic heterocycles. The number of rotatable bonds is 1. The second-order valence-corrected chi connectivity index (χ2v) is 6.98. The van der Waals surface area contributed by atoms with Crippen LogP contribution in [0.1, 0.15) is 33.8 Å². The Bertz CT molecular complexity index is 747. The molecule has 0 bridgehead atoms. The Balaban J connectivity index is 0.00000169. The first-order valence-electron chi connectivity index (χ1n) is 8.45. The number of anilines is 1.